The number of anilines is 1. The lowest BCUT2D eigenvalue weighted by molar-refractivity contribution is 0.634. The smallest absolute Gasteiger partial charge is 0.180 e. The van der Waals surface area contributed by atoms with E-state index in [1.807, 2.05) is 12.1 Å². The van der Waals surface area contributed by atoms with E-state index in [0.29, 0.717) is 40.4 Å². The van der Waals surface area contributed by atoms with Crippen molar-refractivity contribution < 1.29 is 0 Å². The van der Waals surface area contributed by atoms with Crippen LogP contribution < -0.4 is 10.6 Å². The molecule has 8 heteroatoms. The maximum absolute atomic E-state index is 6.96. The Morgan fingerprint density at radius 1 is 1.33 bits per heavy atom. The summed E-state index contributed by atoms with van der Waals surface area (Å²) in [6.07, 6.45) is 9.29. The average Bonchev–Trinajstić information content (AvgIpc) is 3.07. The Hall–Kier alpha value is -2.48. The molecule has 1 aliphatic rings. The van der Waals surface area contributed by atoms with Crippen LogP contribution in [0.3, 0.4) is 0 Å². The van der Waals surface area contributed by atoms with Gasteiger partial charge in [-0.3, -0.25) is 9.98 Å². The first kappa shape index (κ1) is 16.4. The van der Waals surface area contributed by atoms with E-state index in [4.69, 9.17) is 17.6 Å². The number of hydrogen-bond donors (Lipinski definition) is 3. The summed E-state index contributed by atoms with van der Waals surface area (Å²) in [5.41, 5.74) is 1.85. The topological polar surface area (TPSA) is 98.9 Å². The van der Waals surface area contributed by atoms with Gasteiger partial charge in [-0.2, -0.15) is 0 Å². The quantitative estimate of drug-likeness (QED) is 0.570. The molecule has 0 aliphatic heterocycles. The van der Waals surface area contributed by atoms with Gasteiger partial charge in [0.25, 0.3) is 0 Å². The van der Waals surface area contributed by atoms with Crippen LogP contribution in [0.15, 0.2) is 23.3 Å². The largest absolute Gasteiger partial charge is 0.360 e. The molecule has 1 fully saturated rings. The van der Waals surface area contributed by atoms with Gasteiger partial charge in [0.15, 0.2) is 10.8 Å². The summed E-state index contributed by atoms with van der Waals surface area (Å²) in [5, 5.41) is 14.0. The van der Waals surface area contributed by atoms with Gasteiger partial charge in [0.1, 0.15) is 17.0 Å². The number of fused-ring (bicyclic) bond motifs is 1. The van der Waals surface area contributed by atoms with Crippen LogP contribution in [0.25, 0.3) is 11.2 Å². The van der Waals surface area contributed by atoms with Crippen molar-refractivity contribution in [3.05, 3.63) is 24.0 Å². The van der Waals surface area contributed by atoms with Crippen molar-refractivity contribution >= 4 is 46.7 Å². The van der Waals surface area contributed by atoms with Crippen LogP contribution in [-0.4, -0.2) is 45.1 Å². The highest BCUT2D eigenvalue weighted by atomic mass is 32.1. The molecular formula is C16H19N7S. The molecule has 124 valence electrons. The third-order valence-corrected chi connectivity index (χ3v) is 4.00. The number of aliphatic imine (C=N–C) groups is 1. The van der Waals surface area contributed by atoms with E-state index in [-0.39, 0.29) is 0 Å². The summed E-state index contributed by atoms with van der Waals surface area (Å²) in [6.45, 7) is 0.329. The Labute approximate surface area is 145 Å². The molecular weight excluding hydrogens is 322 g/mol. The van der Waals surface area contributed by atoms with E-state index in [1.54, 1.807) is 12.4 Å². The van der Waals surface area contributed by atoms with E-state index >= 15 is 0 Å². The number of rotatable bonds is 5. The Morgan fingerprint density at radius 3 is 2.96 bits per heavy atom. The maximum Gasteiger partial charge on any atom is 0.180 e. The second-order valence-corrected chi connectivity index (χ2v) is 6.02. The number of pyridine rings is 1. The van der Waals surface area contributed by atoms with Gasteiger partial charge in [-0.1, -0.05) is 12.8 Å². The van der Waals surface area contributed by atoms with Crippen molar-refractivity contribution in [2.24, 2.45) is 4.99 Å². The fourth-order valence-electron chi connectivity index (χ4n) is 2.65. The first-order valence-corrected chi connectivity index (χ1v) is 8.35. The van der Waals surface area contributed by atoms with Crippen LogP contribution in [0.5, 0.6) is 0 Å². The summed E-state index contributed by atoms with van der Waals surface area (Å²) >= 11 is 5.35. The minimum Gasteiger partial charge on any atom is -0.360 e. The molecule has 0 unspecified atom stereocenters. The SMILES string of the molecule is N=CCN=Cc1cnc2ccc(NC(=S)NC3CCCC3)nc2n1. The normalized spacial score (nSPS) is 15.0. The highest BCUT2D eigenvalue weighted by Crippen LogP contribution is 2.18. The van der Waals surface area contributed by atoms with E-state index in [1.165, 1.54) is 19.1 Å². The lowest BCUT2D eigenvalue weighted by Crippen LogP contribution is -2.36. The fourth-order valence-corrected chi connectivity index (χ4v) is 2.92. The molecule has 0 radical (unpaired) electrons. The molecule has 1 aliphatic carbocycles. The number of nitrogens with one attached hydrogen (secondary N) is 3. The van der Waals surface area contributed by atoms with Crippen molar-refractivity contribution in [3.63, 3.8) is 0 Å². The number of hydrogen-bond acceptors (Lipinski definition) is 6. The predicted octanol–water partition coefficient (Wildman–Crippen LogP) is 2.32. The molecule has 0 atom stereocenters. The first-order chi connectivity index (χ1) is 11.7. The third kappa shape index (κ3) is 4.29. The van der Waals surface area contributed by atoms with E-state index in [9.17, 15) is 0 Å². The summed E-state index contributed by atoms with van der Waals surface area (Å²) in [7, 11) is 0. The van der Waals surface area contributed by atoms with Crippen molar-refractivity contribution in [3.8, 4) is 0 Å². The molecule has 2 aromatic rings. The molecule has 3 N–H and O–H groups in total. The number of nitrogens with zero attached hydrogens (tertiary/aromatic N) is 4. The second kappa shape index (κ2) is 7.87. The number of thiocarbonyl (C=S) groups is 1. The Kier molecular flexibility index (Phi) is 5.37. The van der Waals surface area contributed by atoms with Crippen molar-refractivity contribution in [2.45, 2.75) is 31.7 Å². The van der Waals surface area contributed by atoms with Gasteiger partial charge >= 0.3 is 0 Å². The molecule has 24 heavy (non-hydrogen) atoms. The average molecular weight is 341 g/mol. The van der Waals surface area contributed by atoms with Gasteiger partial charge in [0, 0.05) is 18.5 Å². The van der Waals surface area contributed by atoms with Gasteiger partial charge in [0.05, 0.1) is 12.7 Å². The standard InChI is InChI=1S/C16H19N7S/c17-7-8-18-9-12-10-19-13-5-6-14(22-15(13)20-12)23-16(24)21-11-3-1-2-4-11/h5-7,9-11,17H,1-4,8H2,(H2,20,21,22,23,24). The molecule has 0 saturated heterocycles. The van der Waals surface area contributed by atoms with E-state index < -0.39 is 0 Å². The Balaban J connectivity index is 1.71. The van der Waals surface area contributed by atoms with Crippen LogP contribution in [0.4, 0.5) is 5.82 Å². The molecule has 0 bridgehead atoms. The van der Waals surface area contributed by atoms with Gasteiger partial charge in [-0.05, 0) is 37.2 Å². The molecule has 0 amide bonds. The predicted molar refractivity (Wildman–Crippen MR) is 100 cm³/mol. The van der Waals surface area contributed by atoms with Crippen molar-refractivity contribution in [2.75, 3.05) is 11.9 Å². The molecule has 7 nitrogen and oxygen atoms in total. The van der Waals surface area contributed by atoms with Crippen LogP contribution >= 0.6 is 12.2 Å². The summed E-state index contributed by atoms with van der Waals surface area (Å²) in [5.74, 6) is 0.640. The monoisotopic (exact) mass is 341 g/mol. The third-order valence-electron chi connectivity index (χ3n) is 3.78. The zero-order valence-electron chi connectivity index (χ0n) is 13.2. The van der Waals surface area contributed by atoms with Crippen LogP contribution in [0.1, 0.15) is 31.4 Å². The minimum absolute atomic E-state index is 0.329. The van der Waals surface area contributed by atoms with Gasteiger partial charge < -0.3 is 16.0 Å². The highest BCUT2D eigenvalue weighted by molar-refractivity contribution is 7.80. The molecule has 2 aromatic heterocycles. The van der Waals surface area contributed by atoms with Gasteiger partial charge in [0.2, 0.25) is 0 Å². The summed E-state index contributed by atoms with van der Waals surface area (Å²) < 4.78 is 0. The molecule has 3 rings (SSSR count). The minimum atomic E-state index is 0.329. The van der Waals surface area contributed by atoms with Crippen LogP contribution in [0.2, 0.25) is 0 Å². The zero-order valence-corrected chi connectivity index (χ0v) is 14.0. The molecule has 2 heterocycles. The van der Waals surface area contributed by atoms with Crippen molar-refractivity contribution in [1.82, 2.24) is 20.3 Å². The fraction of sp³-hybridized carbons (Fsp3) is 0.375. The lowest BCUT2D eigenvalue weighted by atomic mass is 10.3. The van der Waals surface area contributed by atoms with Crippen molar-refractivity contribution in [1.29, 1.82) is 5.41 Å². The lowest BCUT2D eigenvalue weighted by Gasteiger charge is -2.15. The van der Waals surface area contributed by atoms with E-state index in [0.717, 1.165) is 12.8 Å². The Morgan fingerprint density at radius 2 is 2.17 bits per heavy atom. The Bertz CT molecular complexity index is 768. The summed E-state index contributed by atoms with van der Waals surface area (Å²) in [4.78, 5) is 17.2. The highest BCUT2D eigenvalue weighted by Gasteiger charge is 2.15. The molecule has 0 spiro atoms. The van der Waals surface area contributed by atoms with E-state index in [2.05, 4.69) is 30.6 Å². The van der Waals surface area contributed by atoms with Crippen LogP contribution in [-0.2, 0) is 0 Å². The molecule has 1 saturated carbocycles. The number of aromatic nitrogens is 3. The molecule has 0 aromatic carbocycles. The summed E-state index contributed by atoms with van der Waals surface area (Å²) in [6, 6.07) is 4.15. The zero-order chi connectivity index (χ0) is 16.8. The first-order valence-electron chi connectivity index (χ1n) is 7.94. The second-order valence-electron chi connectivity index (χ2n) is 5.61. The maximum atomic E-state index is 6.96. The van der Waals surface area contributed by atoms with Gasteiger partial charge in [-0.25, -0.2) is 9.97 Å². The van der Waals surface area contributed by atoms with Crippen LogP contribution in [0, 0.1) is 5.41 Å². The van der Waals surface area contributed by atoms with Gasteiger partial charge in [-0.15, -0.1) is 0 Å².